The second-order valence-corrected chi connectivity index (χ2v) is 8.72. The van der Waals surface area contributed by atoms with Crippen molar-refractivity contribution in [1.82, 2.24) is 19.9 Å². The monoisotopic (exact) mass is 489 g/mol. The fraction of sp³-hybridized carbons (Fsp3) is 0.304. The third-order valence-corrected chi connectivity index (χ3v) is 6.25. The van der Waals surface area contributed by atoms with Gasteiger partial charge in [-0.15, -0.1) is 0 Å². The normalized spacial score (nSPS) is 18.0. The van der Waals surface area contributed by atoms with Crippen LogP contribution in [0, 0.1) is 17.9 Å². The highest BCUT2D eigenvalue weighted by Gasteiger charge is 2.38. The average molecular weight is 490 g/mol. The summed E-state index contributed by atoms with van der Waals surface area (Å²) in [4.78, 5) is 9.03. The minimum atomic E-state index is -1.53. The zero-order valence-electron chi connectivity index (χ0n) is 18.4. The summed E-state index contributed by atoms with van der Waals surface area (Å²) in [6, 6.07) is 10.9. The third-order valence-electron chi connectivity index (χ3n) is 5.93. The Balaban J connectivity index is 1.99. The third kappa shape index (κ3) is 4.25. The standard InChI is InChI=1S/C23H25ClFN5O4/c1-14-8-15(25)6-7-16(14)20-17-9-26-13-30(34,19-5-3-2-4-18(19)24)21(17)28-22(27-20)29-23(10-31,11-32)12-33/h2-8,26,31-33H,9-13H2,1H3,(H,27,28,29). The number of aliphatic hydroxyl groups is 3. The molecular formula is C23H25ClFN5O4. The molecule has 180 valence electrons. The predicted octanol–water partition coefficient (Wildman–Crippen LogP) is 2.57. The Morgan fingerprint density at radius 1 is 1.15 bits per heavy atom. The summed E-state index contributed by atoms with van der Waals surface area (Å²) in [5.41, 5.74) is 0.798. The number of hydrogen-bond acceptors (Lipinski definition) is 8. The van der Waals surface area contributed by atoms with E-state index >= 15 is 0 Å². The molecular weight excluding hydrogens is 465 g/mol. The van der Waals surface area contributed by atoms with Crippen LogP contribution < -0.4 is 15.3 Å². The fourth-order valence-electron chi connectivity index (χ4n) is 3.97. The first-order chi connectivity index (χ1) is 16.3. The highest BCUT2D eigenvalue weighted by Crippen LogP contribution is 2.43. The van der Waals surface area contributed by atoms with Crippen molar-refractivity contribution in [1.29, 1.82) is 0 Å². The van der Waals surface area contributed by atoms with E-state index in [0.29, 0.717) is 22.4 Å². The SMILES string of the molecule is Cc1cc(F)ccc1-c1nc(NC(CO)(CO)CO)nc2c1CNC[N+]2([O-])c1ccccc1Cl. The lowest BCUT2D eigenvalue weighted by atomic mass is 9.99. The number of hydrogen-bond donors (Lipinski definition) is 5. The van der Waals surface area contributed by atoms with Crippen LogP contribution in [-0.4, -0.2) is 57.3 Å². The van der Waals surface area contributed by atoms with Gasteiger partial charge in [-0.2, -0.15) is 4.98 Å². The second-order valence-electron chi connectivity index (χ2n) is 8.31. The molecule has 1 unspecified atom stereocenters. The number of quaternary nitrogens is 1. The molecule has 2 aromatic carbocycles. The zero-order valence-corrected chi connectivity index (χ0v) is 19.2. The number of nitrogens with one attached hydrogen (secondary N) is 2. The number of fused-ring (bicyclic) bond motifs is 1. The number of para-hydroxylation sites is 1. The summed E-state index contributed by atoms with van der Waals surface area (Å²) in [5, 5.41) is 49.8. The Morgan fingerprint density at radius 2 is 1.85 bits per heavy atom. The van der Waals surface area contributed by atoms with Crippen LogP contribution in [-0.2, 0) is 6.54 Å². The van der Waals surface area contributed by atoms with Crippen LogP contribution in [0.2, 0.25) is 5.02 Å². The average Bonchev–Trinajstić information content (AvgIpc) is 2.83. The molecule has 0 radical (unpaired) electrons. The van der Waals surface area contributed by atoms with Gasteiger partial charge in [-0.25, -0.2) is 9.37 Å². The van der Waals surface area contributed by atoms with Gasteiger partial charge in [0.15, 0.2) is 5.69 Å². The number of rotatable bonds is 7. The number of halogens is 2. The topological polar surface area (TPSA) is 134 Å². The van der Waals surface area contributed by atoms with E-state index in [2.05, 4.69) is 20.6 Å². The number of aryl methyl sites for hydroxylation is 1. The Hall–Kier alpha value is -2.70. The van der Waals surface area contributed by atoms with Gasteiger partial charge in [-0.05, 0) is 36.8 Å². The van der Waals surface area contributed by atoms with Crippen LogP contribution in [0.1, 0.15) is 11.1 Å². The van der Waals surface area contributed by atoms with Crippen LogP contribution in [0.4, 0.5) is 21.8 Å². The minimum absolute atomic E-state index is 0.0554. The largest absolute Gasteiger partial charge is 0.620 e. The molecule has 0 fully saturated rings. The van der Waals surface area contributed by atoms with Gasteiger partial charge >= 0.3 is 0 Å². The van der Waals surface area contributed by atoms with Crippen LogP contribution in [0.15, 0.2) is 42.5 Å². The van der Waals surface area contributed by atoms with Gasteiger partial charge in [0, 0.05) is 18.2 Å². The summed E-state index contributed by atoms with van der Waals surface area (Å²) >= 11 is 6.38. The highest BCUT2D eigenvalue weighted by molar-refractivity contribution is 6.33. The van der Waals surface area contributed by atoms with Crippen LogP contribution >= 0.6 is 11.6 Å². The molecule has 1 aliphatic heterocycles. The Bertz CT molecular complexity index is 1200. The number of benzene rings is 2. The van der Waals surface area contributed by atoms with Crippen molar-refractivity contribution in [3.63, 3.8) is 0 Å². The smallest absolute Gasteiger partial charge is 0.243 e. The number of hydroxylamine groups is 1. The van der Waals surface area contributed by atoms with Crippen molar-refractivity contribution in [3.05, 3.63) is 69.6 Å². The van der Waals surface area contributed by atoms with Crippen molar-refractivity contribution in [2.45, 2.75) is 19.0 Å². The van der Waals surface area contributed by atoms with E-state index in [9.17, 15) is 24.9 Å². The lowest BCUT2D eigenvalue weighted by Gasteiger charge is -2.44. The summed E-state index contributed by atoms with van der Waals surface area (Å²) in [5.74, 6) is -0.391. The highest BCUT2D eigenvalue weighted by atomic mass is 35.5. The van der Waals surface area contributed by atoms with Crippen molar-refractivity contribution >= 4 is 29.1 Å². The molecule has 9 nitrogen and oxygen atoms in total. The van der Waals surface area contributed by atoms with Gasteiger partial charge in [0.25, 0.3) is 0 Å². The first-order valence-electron chi connectivity index (χ1n) is 10.6. The van der Waals surface area contributed by atoms with Gasteiger partial charge in [0.1, 0.15) is 23.0 Å². The van der Waals surface area contributed by atoms with Gasteiger partial charge in [0.05, 0.1) is 31.1 Å². The van der Waals surface area contributed by atoms with Crippen LogP contribution in [0.25, 0.3) is 11.3 Å². The lowest BCUT2D eigenvalue weighted by Crippen LogP contribution is -2.51. The molecule has 1 aliphatic rings. The molecule has 34 heavy (non-hydrogen) atoms. The van der Waals surface area contributed by atoms with Crippen molar-refractivity contribution in [3.8, 4) is 11.3 Å². The van der Waals surface area contributed by atoms with E-state index in [1.165, 1.54) is 12.1 Å². The van der Waals surface area contributed by atoms with E-state index in [4.69, 9.17) is 11.6 Å². The summed E-state index contributed by atoms with van der Waals surface area (Å²) in [6.07, 6.45) is 0. The maximum absolute atomic E-state index is 14.3. The molecule has 3 aromatic rings. The Labute approximate surface area is 200 Å². The minimum Gasteiger partial charge on any atom is -0.620 e. The fourth-order valence-corrected chi connectivity index (χ4v) is 4.24. The van der Waals surface area contributed by atoms with Crippen molar-refractivity contribution in [2.75, 3.05) is 31.8 Å². The molecule has 1 aromatic heterocycles. The molecule has 0 spiro atoms. The maximum Gasteiger partial charge on any atom is 0.243 e. The van der Waals surface area contributed by atoms with Crippen molar-refractivity contribution in [2.24, 2.45) is 0 Å². The number of nitrogens with zero attached hydrogens (tertiary/aromatic N) is 3. The quantitative estimate of drug-likeness (QED) is 0.252. The van der Waals surface area contributed by atoms with E-state index in [1.54, 1.807) is 37.3 Å². The molecule has 11 heteroatoms. The molecule has 5 N–H and O–H groups in total. The van der Waals surface area contributed by atoms with E-state index < -0.39 is 35.8 Å². The van der Waals surface area contributed by atoms with E-state index in [0.717, 1.165) is 0 Å². The zero-order chi connectivity index (χ0) is 24.5. The van der Waals surface area contributed by atoms with Gasteiger partial charge < -0.3 is 25.8 Å². The first kappa shape index (κ1) is 24.4. The molecule has 0 amide bonds. The van der Waals surface area contributed by atoms with Crippen LogP contribution in [0.5, 0.6) is 0 Å². The maximum atomic E-state index is 14.3. The summed E-state index contributed by atoms with van der Waals surface area (Å²) < 4.78 is 12.8. The molecule has 4 rings (SSSR count). The molecule has 1 atom stereocenters. The Morgan fingerprint density at radius 3 is 2.50 bits per heavy atom. The molecule has 2 heterocycles. The Kier molecular flexibility index (Phi) is 6.83. The molecule has 0 bridgehead atoms. The van der Waals surface area contributed by atoms with E-state index in [1.807, 2.05) is 0 Å². The number of aliphatic hydroxyl groups excluding tert-OH is 3. The van der Waals surface area contributed by atoms with Gasteiger partial charge in [-0.1, -0.05) is 23.7 Å². The lowest BCUT2D eigenvalue weighted by molar-refractivity contribution is 0.0828. The summed E-state index contributed by atoms with van der Waals surface area (Å²) in [7, 11) is 0. The summed E-state index contributed by atoms with van der Waals surface area (Å²) in [6.45, 7) is 0.0985. The molecule has 0 saturated heterocycles. The number of anilines is 1. The predicted molar refractivity (Wildman–Crippen MR) is 128 cm³/mol. The molecule has 0 saturated carbocycles. The van der Waals surface area contributed by atoms with Gasteiger partial charge in [0.2, 0.25) is 11.8 Å². The van der Waals surface area contributed by atoms with E-state index in [-0.39, 0.29) is 35.7 Å². The first-order valence-corrected chi connectivity index (χ1v) is 11.0. The second kappa shape index (κ2) is 9.51. The van der Waals surface area contributed by atoms with Crippen LogP contribution in [0.3, 0.4) is 0 Å². The van der Waals surface area contributed by atoms with Crippen molar-refractivity contribution < 1.29 is 19.7 Å². The molecule has 0 aliphatic carbocycles. The number of aromatic nitrogens is 2. The van der Waals surface area contributed by atoms with Gasteiger partial charge in [-0.3, -0.25) is 9.96 Å².